The van der Waals surface area contributed by atoms with Crippen molar-refractivity contribution in [2.45, 2.75) is 6.10 Å². The van der Waals surface area contributed by atoms with Crippen molar-refractivity contribution in [2.75, 3.05) is 6.61 Å². The second-order valence-electron chi connectivity index (χ2n) is 3.34. The lowest BCUT2D eigenvalue weighted by molar-refractivity contribution is -0.384. The highest BCUT2D eigenvalue weighted by Gasteiger charge is 2.21. The SMILES string of the molecule is C=CCOC(=O)C(C=O)Oc1ccc([N+](=O)[O-])cc1. The molecule has 1 unspecified atom stereocenters. The van der Waals surface area contributed by atoms with Gasteiger partial charge in [0.1, 0.15) is 12.4 Å². The van der Waals surface area contributed by atoms with Crippen LogP contribution in [-0.4, -0.2) is 29.9 Å². The Hall–Kier alpha value is -2.70. The van der Waals surface area contributed by atoms with Crippen LogP contribution in [-0.2, 0) is 14.3 Å². The van der Waals surface area contributed by atoms with Crippen molar-refractivity contribution in [1.29, 1.82) is 0 Å². The van der Waals surface area contributed by atoms with Gasteiger partial charge in [-0.3, -0.25) is 14.9 Å². The Kier molecular flexibility index (Phi) is 5.21. The van der Waals surface area contributed by atoms with E-state index in [1.54, 1.807) is 0 Å². The normalized spacial score (nSPS) is 11.2. The van der Waals surface area contributed by atoms with Crippen LogP contribution in [0.15, 0.2) is 36.9 Å². The van der Waals surface area contributed by atoms with Crippen LogP contribution in [0.5, 0.6) is 5.75 Å². The first-order chi connectivity index (χ1) is 9.08. The molecule has 100 valence electrons. The van der Waals surface area contributed by atoms with Crippen molar-refractivity contribution >= 4 is 17.9 Å². The quantitative estimate of drug-likeness (QED) is 0.184. The molecule has 0 aliphatic rings. The summed E-state index contributed by atoms with van der Waals surface area (Å²) in [4.78, 5) is 32.0. The summed E-state index contributed by atoms with van der Waals surface area (Å²) in [6, 6.07) is 4.98. The van der Waals surface area contributed by atoms with Gasteiger partial charge in [0.2, 0.25) is 6.10 Å². The number of nitrogens with zero attached hydrogens (tertiary/aromatic N) is 1. The molecule has 1 rings (SSSR count). The standard InChI is InChI=1S/C12H11NO6/c1-2-7-18-12(15)11(8-14)19-10-5-3-9(4-6-10)13(16)17/h2-6,8,11H,1,7H2. The molecule has 1 atom stereocenters. The summed E-state index contributed by atoms with van der Waals surface area (Å²) < 4.78 is 9.71. The minimum Gasteiger partial charge on any atom is -0.471 e. The second-order valence-corrected chi connectivity index (χ2v) is 3.34. The minimum absolute atomic E-state index is 0.0349. The largest absolute Gasteiger partial charge is 0.471 e. The van der Waals surface area contributed by atoms with Gasteiger partial charge < -0.3 is 9.47 Å². The number of benzene rings is 1. The fraction of sp³-hybridized carbons (Fsp3) is 0.167. The third kappa shape index (κ3) is 4.23. The maximum absolute atomic E-state index is 11.4. The first-order valence-corrected chi connectivity index (χ1v) is 5.22. The number of carbonyl (C=O) groups is 2. The van der Waals surface area contributed by atoms with Crippen molar-refractivity contribution in [1.82, 2.24) is 0 Å². The summed E-state index contributed by atoms with van der Waals surface area (Å²) in [6.07, 6.45) is 0.222. The van der Waals surface area contributed by atoms with E-state index in [4.69, 9.17) is 4.74 Å². The molecule has 7 heteroatoms. The van der Waals surface area contributed by atoms with Gasteiger partial charge in [0.05, 0.1) is 4.92 Å². The van der Waals surface area contributed by atoms with Crippen molar-refractivity contribution in [3.63, 3.8) is 0 Å². The van der Waals surface area contributed by atoms with Crippen LogP contribution in [0.3, 0.4) is 0 Å². The number of hydrogen-bond acceptors (Lipinski definition) is 6. The van der Waals surface area contributed by atoms with Crippen LogP contribution in [0.25, 0.3) is 0 Å². The van der Waals surface area contributed by atoms with Gasteiger partial charge in [0.25, 0.3) is 5.69 Å². The van der Waals surface area contributed by atoms with Gasteiger partial charge in [-0.2, -0.15) is 0 Å². The third-order valence-corrected chi connectivity index (χ3v) is 2.01. The minimum atomic E-state index is -1.42. The predicted octanol–water partition coefficient (Wildman–Crippen LogP) is 1.27. The summed E-state index contributed by atoms with van der Waals surface area (Å²) >= 11 is 0. The number of ether oxygens (including phenoxy) is 2. The highest BCUT2D eigenvalue weighted by Crippen LogP contribution is 2.18. The molecule has 0 aromatic heterocycles. The van der Waals surface area contributed by atoms with E-state index in [1.165, 1.54) is 30.3 Å². The molecule has 0 aliphatic carbocycles. The molecule has 7 nitrogen and oxygen atoms in total. The summed E-state index contributed by atoms with van der Waals surface area (Å²) in [5.41, 5.74) is -0.121. The number of hydrogen-bond donors (Lipinski definition) is 0. The van der Waals surface area contributed by atoms with E-state index in [0.29, 0.717) is 0 Å². The van der Waals surface area contributed by atoms with E-state index < -0.39 is 17.0 Å². The number of non-ortho nitro benzene ring substituents is 1. The van der Waals surface area contributed by atoms with E-state index in [9.17, 15) is 19.7 Å². The van der Waals surface area contributed by atoms with Gasteiger partial charge >= 0.3 is 5.97 Å². The smallest absolute Gasteiger partial charge is 0.355 e. The van der Waals surface area contributed by atoms with Gasteiger partial charge in [-0.1, -0.05) is 12.7 Å². The number of nitro groups is 1. The fourth-order valence-electron chi connectivity index (χ4n) is 1.15. The van der Waals surface area contributed by atoms with Crippen LogP contribution >= 0.6 is 0 Å². The average molecular weight is 265 g/mol. The Morgan fingerprint density at radius 2 is 2.05 bits per heavy atom. The maximum Gasteiger partial charge on any atom is 0.355 e. The molecule has 0 saturated carbocycles. The lowest BCUT2D eigenvalue weighted by Gasteiger charge is -2.11. The zero-order valence-corrected chi connectivity index (χ0v) is 9.85. The van der Waals surface area contributed by atoms with E-state index in [2.05, 4.69) is 11.3 Å². The number of nitro benzene ring substituents is 1. The van der Waals surface area contributed by atoms with E-state index in [-0.39, 0.29) is 24.3 Å². The lowest BCUT2D eigenvalue weighted by Crippen LogP contribution is -2.30. The Bertz CT molecular complexity index is 481. The number of carbonyl (C=O) groups excluding carboxylic acids is 2. The van der Waals surface area contributed by atoms with Gasteiger partial charge in [0, 0.05) is 12.1 Å². The molecule has 0 N–H and O–H groups in total. The van der Waals surface area contributed by atoms with Crippen LogP contribution in [0.1, 0.15) is 0 Å². The Balaban J connectivity index is 2.70. The summed E-state index contributed by atoms with van der Waals surface area (Å²) in [6.45, 7) is 3.32. The fourth-order valence-corrected chi connectivity index (χ4v) is 1.15. The molecule has 0 radical (unpaired) electrons. The Morgan fingerprint density at radius 1 is 1.42 bits per heavy atom. The van der Waals surface area contributed by atoms with Gasteiger partial charge in [-0.05, 0) is 12.1 Å². The Labute approximate surface area is 108 Å². The third-order valence-electron chi connectivity index (χ3n) is 2.01. The molecule has 1 aromatic carbocycles. The van der Waals surface area contributed by atoms with Crippen LogP contribution in [0.4, 0.5) is 5.69 Å². The maximum atomic E-state index is 11.4. The van der Waals surface area contributed by atoms with E-state index in [1.807, 2.05) is 0 Å². The molecule has 1 aromatic rings. The van der Waals surface area contributed by atoms with Crippen molar-refractivity contribution < 1.29 is 24.0 Å². The number of rotatable bonds is 7. The van der Waals surface area contributed by atoms with Crippen LogP contribution < -0.4 is 4.74 Å². The highest BCUT2D eigenvalue weighted by atomic mass is 16.6. The molecule has 0 heterocycles. The summed E-state index contributed by atoms with van der Waals surface area (Å²) in [5, 5.41) is 10.4. The molecule has 0 saturated heterocycles. The van der Waals surface area contributed by atoms with E-state index in [0.717, 1.165) is 0 Å². The molecule has 0 spiro atoms. The van der Waals surface area contributed by atoms with Crippen LogP contribution in [0.2, 0.25) is 0 Å². The molecular weight excluding hydrogens is 254 g/mol. The molecule has 0 fully saturated rings. The van der Waals surface area contributed by atoms with Crippen molar-refractivity contribution in [3.05, 3.63) is 47.0 Å². The summed E-state index contributed by atoms with van der Waals surface area (Å²) in [5.74, 6) is -0.702. The zero-order valence-electron chi connectivity index (χ0n) is 9.85. The summed E-state index contributed by atoms with van der Waals surface area (Å²) in [7, 11) is 0. The lowest BCUT2D eigenvalue weighted by atomic mass is 10.3. The topological polar surface area (TPSA) is 95.7 Å². The second kappa shape index (κ2) is 6.90. The zero-order chi connectivity index (χ0) is 14.3. The van der Waals surface area contributed by atoms with Crippen molar-refractivity contribution in [2.24, 2.45) is 0 Å². The number of esters is 1. The molecule has 19 heavy (non-hydrogen) atoms. The molecule has 0 aliphatic heterocycles. The Morgan fingerprint density at radius 3 is 2.53 bits per heavy atom. The molecular formula is C12H11NO6. The monoisotopic (exact) mass is 265 g/mol. The number of aldehydes is 1. The van der Waals surface area contributed by atoms with E-state index >= 15 is 0 Å². The first-order valence-electron chi connectivity index (χ1n) is 5.22. The average Bonchev–Trinajstić information content (AvgIpc) is 2.42. The highest BCUT2D eigenvalue weighted by molar-refractivity contribution is 5.91. The van der Waals surface area contributed by atoms with Gasteiger partial charge in [0.15, 0.2) is 6.29 Å². The van der Waals surface area contributed by atoms with Gasteiger partial charge in [-0.25, -0.2) is 4.79 Å². The first kappa shape index (κ1) is 14.4. The van der Waals surface area contributed by atoms with Gasteiger partial charge in [-0.15, -0.1) is 0 Å². The van der Waals surface area contributed by atoms with Crippen LogP contribution in [0, 0.1) is 10.1 Å². The predicted molar refractivity (Wildman–Crippen MR) is 64.7 cm³/mol. The molecule has 0 bridgehead atoms. The van der Waals surface area contributed by atoms with Crippen molar-refractivity contribution in [3.8, 4) is 5.75 Å². The molecule has 0 amide bonds.